The molecule has 0 spiro atoms. The molecular formula is C18H40O11P5W10Y-. The SMILES string of the molecule is CC1OC(CO[PH](C)=O)C(O)C1C.CC1[CH-]C(O)C(CO[PH](C)=O)O1.CP=O.CP=O.CP=O.[W].[W].[W].[W].[W].[W].[W].[W].[W].[W].[Y]. The summed E-state index contributed by atoms with van der Waals surface area (Å²) in [7, 11) is -3.34. The molecule has 9 atom stereocenters. The zero-order valence-electron chi connectivity index (χ0n) is 25.6. The summed E-state index contributed by atoms with van der Waals surface area (Å²) in [5.74, 6) is 0.118. The monoisotopic (exact) mass is 2520 g/mol. The third-order valence-corrected chi connectivity index (χ3v) is 5.34. The van der Waals surface area contributed by atoms with Gasteiger partial charge in [-0.05, 0) is 13.0 Å². The summed E-state index contributed by atoms with van der Waals surface area (Å²) in [4.78, 5) is 0. The Morgan fingerprint density at radius 3 is 1.16 bits per heavy atom. The average Bonchev–Trinajstić information content (AvgIpc) is 3.19. The van der Waals surface area contributed by atoms with E-state index in [4.69, 9.17) is 32.2 Å². The van der Waals surface area contributed by atoms with Crippen molar-refractivity contribution in [3.05, 3.63) is 6.42 Å². The fourth-order valence-electron chi connectivity index (χ4n) is 2.57. The van der Waals surface area contributed by atoms with Crippen LogP contribution in [0, 0.1) is 12.3 Å². The molecule has 267 valence electrons. The number of rotatable bonds is 6. The molecule has 2 rings (SSSR count). The van der Waals surface area contributed by atoms with Crippen molar-refractivity contribution in [2.24, 2.45) is 5.92 Å². The molecule has 27 heteroatoms. The molecule has 2 N–H and O–H groups in total. The molecular weight excluding hydrogens is 2470 g/mol. The van der Waals surface area contributed by atoms with Crippen molar-refractivity contribution in [1.29, 1.82) is 0 Å². The van der Waals surface area contributed by atoms with E-state index in [1.54, 1.807) is 26.4 Å². The van der Waals surface area contributed by atoms with E-state index in [2.05, 4.69) is 0 Å². The van der Waals surface area contributed by atoms with Gasteiger partial charge in [0.25, 0.3) is 0 Å². The third kappa shape index (κ3) is 61.9. The van der Waals surface area contributed by atoms with Gasteiger partial charge in [0.2, 0.25) is 0 Å². The minimum absolute atomic E-state index is 0. The quantitative estimate of drug-likeness (QED) is 0.292. The standard InChI is InChI=1S/C8H17O4P.C7H14O4P.3CH3OP.10W.Y/c1-5-6(2)12-7(8(5)9)4-11-13(3)10;1-5-3-6(8)7(11-5)4-10-12(2)9;3*1-3-2;;;;;;;;;;;/h5-9,13H,4H2,1-3H3;3,5-8,12H,4H2,1-2H3;3*1H3;;;;;;;;;;;/q;-1;;;;;;;;;;;;;;. The van der Waals surface area contributed by atoms with Crippen molar-refractivity contribution < 1.29 is 295 Å². The van der Waals surface area contributed by atoms with Gasteiger partial charge in [-0.1, -0.05) is 20.0 Å². The van der Waals surface area contributed by atoms with Crippen LogP contribution in [0.1, 0.15) is 20.8 Å². The van der Waals surface area contributed by atoms with Gasteiger partial charge < -0.3 is 28.7 Å². The average molecular weight is 2510 g/mol. The maximum absolute atomic E-state index is 10.7. The molecule has 0 aromatic rings. The molecule has 0 bridgehead atoms. The van der Waals surface area contributed by atoms with Crippen LogP contribution in [0.15, 0.2) is 0 Å². The number of aliphatic hydroxyl groups excluding tert-OH is 2. The Hall–Kier alpha value is 8.51. The van der Waals surface area contributed by atoms with E-state index >= 15 is 0 Å². The van der Waals surface area contributed by atoms with Crippen LogP contribution < -0.4 is 0 Å². The molecule has 45 heavy (non-hydrogen) atoms. The van der Waals surface area contributed by atoms with Crippen molar-refractivity contribution in [3.8, 4) is 0 Å². The maximum Gasteiger partial charge on any atom is 0.188 e. The predicted molar refractivity (Wildman–Crippen MR) is 136 cm³/mol. The summed E-state index contributed by atoms with van der Waals surface area (Å²) in [6, 6.07) is 0. The van der Waals surface area contributed by atoms with E-state index in [1.807, 2.05) is 20.8 Å². The summed E-state index contributed by atoms with van der Waals surface area (Å²) in [5, 5.41) is 19.0. The number of aliphatic hydroxyl groups is 2. The molecule has 1 radical (unpaired) electrons. The zero-order valence-corrected chi connectivity index (χ0v) is 62.5. The van der Waals surface area contributed by atoms with Crippen LogP contribution in [0.25, 0.3) is 0 Å². The first kappa shape index (κ1) is 94.5. The summed E-state index contributed by atoms with van der Waals surface area (Å²) in [5.41, 5.74) is 0. The Labute approximate surface area is 444 Å². The first-order valence-corrected chi connectivity index (χ1v) is 17.7. The van der Waals surface area contributed by atoms with Crippen LogP contribution in [-0.4, -0.2) is 93.4 Å². The normalized spacial score (nSPS) is 23.8. The molecule has 0 aliphatic carbocycles. The minimum Gasteiger partial charge on any atom is -0.422 e. The van der Waals surface area contributed by atoms with E-state index in [0.29, 0.717) is 0 Å². The fourth-order valence-corrected chi connectivity index (χ4v) is 3.37. The van der Waals surface area contributed by atoms with Gasteiger partial charge in [-0.3, -0.25) is 29.2 Å². The predicted octanol–water partition coefficient (Wildman–Crippen LogP) is 4.05. The van der Waals surface area contributed by atoms with Crippen molar-refractivity contribution in [1.82, 2.24) is 0 Å². The second-order valence-corrected chi connectivity index (χ2v) is 10.6. The van der Waals surface area contributed by atoms with Crippen LogP contribution in [0.2, 0.25) is 0 Å². The summed E-state index contributed by atoms with van der Waals surface area (Å²) in [6.07, 6.45) is -0.0815. The summed E-state index contributed by atoms with van der Waals surface area (Å²) < 4.78 is 68.6. The molecule has 2 saturated heterocycles. The number of ether oxygens (including phenoxy) is 2. The Balaban J connectivity index is -0.0000000236. The van der Waals surface area contributed by atoms with Crippen molar-refractivity contribution >= 4 is 41.4 Å². The van der Waals surface area contributed by atoms with Gasteiger partial charge in [0.15, 0.2) is 41.4 Å². The van der Waals surface area contributed by atoms with Crippen LogP contribution in [0.3, 0.4) is 0 Å². The van der Waals surface area contributed by atoms with Gasteiger partial charge in [0, 0.05) is 283 Å². The Bertz CT molecular complexity index is 611. The smallest absolute Gasteiger partial charge is 0.188 e. The van der Waals surface area contributed by atoms with Crippen molar-refractivity contribution in [3.63, 3.8) is 0 Å². The van der Waals surface area contributed by atoms with Crippen LogP contribution in [0.5, 0.6) is 0 Å². The molecule has 0 amide bonds. The van der Waals surface area contributed by atoms with E-state index in [9.17, 15) is 19.3 Å². The van der Waals surface area contributed by atoms with Gasteiger partial charge in [0.05, 0.1) is 31.5 Å². The van der Waals surface area contributed by atoms with E-state index in [0.717, 1.165) is 0 Å². The second-order valence-electron chi connectivity index (χ2n) is 6.94. The maximum atomic E-state index is 10.7. The Kier molecular flexibility index (Phi) is 141. The Morgan fingerprint density at radius 2 is 0.956 bits per heavy atom. The van der Waals surface area contributed by atoms with Crippen LogP contribution in [-0.2, 0) is 285 Å². The zero-order chi connectivity index (χ0) is 27.3. The minimum atomic E-state index is -1.92. The van der Waals surface area contributed by atoms with Gasteiger partial charge in [-0.25, -0.2) is 0 Å². The van der Waals surface area contributed by atoms with Gasteiger partial charge >= 0.3 is 0 Å². The number of hydrogen-bond donors (Lipinski definition) is 2. The molecule has 2 heterocycles. The van der Waals surface area contributed by atoms with Gasteiger partial charge in [0.1, 0.15) is 6.10 Å². The summed E-state index contributed by atoms with van der Waals surface area (Å²) in [6.45, 7) is 13.8. The molecule has 0 aromatic heterocycles. The fraction of sp³-hybridized carbons (Fsp3) is 0.944. The molecule has 0 saturated carbocycles. The van der Waals surface area contributed by atoms with Gasteiger partial charge in [-0.15, -0.1) is 0 Å². The Morgan fingerprint density at radius 1 is 0.667 bits per heavy atom. The molecule has 2 aliphatic rings. The van der Waals surface area contributed by atoms with E-state index < -0.39 is 28.3 Å². The topological polar surface area (TPSA) is 163 Å². The second kappa shape index (κ2) is 67.3. The third-order valence-electron chi connectivity index (χ3n) is 4.19. The molecule has 2 fully saturated rings. The first-order chi connectivity index (χ1) is 15.9. The number of hydrogen-bond acceptors (Lipinski definition) is 11. The first-order valence-electron chi connectivity index (χ1n) is 10.3. The van der Waals surface area contributed by atoms with Crippen LogP contribution >= 0.6 is 41.4 Å². The van der Waals surface area contributed by atoms with Crippen LogP contribution in [0.4, 0.5) is 0 Å². The molecule has 0 aromatic carbocycles. The molecule has 11 nitrogen and oxygen atoms in total. The molecule has 2 aliphatic heterocycles. The van der Waals surface area contributed by atoms with Crippen molar-refractivity contribution in [2.45, 2.75) is 57.4 Å². The molecule has 9 unspecified atom stereocenters. The largest absolute Gasteiger partial charge is 0.422 e. The van der Waals surface area contributed by atoms with E-state index in [1.165, 1.54) is 13.3 Å². The van der Waals surface area contributed by atoms with Gasteiger partial charge in [-0.2, -0.15) is 0 Å². The van der Waals surface area contributed by atoms with E-state index in [-0.39, 0.29) is 312 Å². The van der Waals surface area contributed by atoms with Crippen molar-refractivity contribution in [2.75, 3.05) is 46.5 Å². The summed E-state index contributed by atoms with van der Waals surface area (Å²) >= 11 is 0.